The van der Waals surface area contributed by atoms with Crippen molar-refractivity contribution >= 4 is 50.0 Å². The fourth-order valence-electron chi connectivity index (χ4n) is 0.832. The Kier molecular flexibility index (Phi) is 3.11. The van der Waals surface area contributed by atoms with Crippen molar-refractivity contribution in [2.24, 2.45) is 0 Å². The van der Waals surface area contributed by atoms with Gasteiger partial charge < -0.3 is 5.73 Å². The molecule has 0 saturated heterocycles. The van der Waals surface area contributed by atoms with Gasteiger partial charge in [-0.2, -0.15) is 0 Å². The third-order valence-corrected chi connectivity index (χ3v) is 3.06. The van der Waals surface area contributed by atoms with Crippen LogP contribution in [0, 0.1) is 3.57 Å². The number of anilines is 1. The number of ketones is 1. The molecule has 64 valence electrons. The SMILES string of the molecule is CC(=O)c1cc(I)c(N)cc1Br. The van der Waals surface area contributed by atoms with Crippen LogP contribution in [0.5, 0.6) is 0 Å². The Hall–Kier alpha value is -0.100. The van der Waals surface area contributed by atoms with Crippen molar-refractivity contribution in [2.75, 3.05) is 5.73 Å². The lowest BCUT2D eigenvalue weighted by molar-refractivity contribution is 0.101. The van der Waals surface area contributed by atoms with E-state index in [-0.39, 0.29) is 5.78 Å². The van der Waals surface area contributed by atoms with Gasteiger partial charge >= 0.3 is 0 Å². The van der Waals surface area contributed by atoms with Crippen LogP contribution >= 0.6 is 38.5 Å². The van der Waals surface area contributed by atoms with Crippen molar-refractivity contribution in [2.45, 2.75) is 6.92 Å². The first-order valence-electron chi connectivity index (χ1n) is 3.28. The molecule has 0 aliphatic rings. The number of benzene rings is 1. The quantitative estimate of drug-likeness (QED) is 0.485. The second-order valence-electron chi connectivity index (χ2n) is 2.41. The highest BCUT2D eigenvalue weighted by Crippen LogP contribution is 2.25. The maximum atomic E-state index is 11.1. The van der Waals surface area contributed by atoms with Gasteiger partial charge in [0.1, 0.15) is 0 Å². The highest BCUT2D eigenvalue weighted by molar-refractivity contribution is 14.1. The monoisotopic (exact) mass is 339 g/mol. The van der Waals surface area contributed by atoms with Gasteiger partial charge in [0, 0.05) is 19.3 Å². The Morgan fingerprint density at radius 3 is 2.67 bits per heavy atom. The van der Waals surface area contributed by atoms with Crippen LogP contribution in [0.2, 0.25) is 0 Å². The van der Waals surface area contributed by atoms with Crippen molar-refractivity contribution in [3.05, 3.63) is 25.7 Å². The molecule has 0 heterocycles. The van der Waals surface area contributed by atoms with Gasteiger partial charge in [-0.25, -0.2) is 0 Å². The minimum atomic E-state index is 0.0415. The average molecular weight is 340 g/mol. The molecule has 2 N–H and O–H groups in total. The van der Waals surface area contributed by atoms with E-state index >= 15 is 0 Å². The van der Waals surface area contributed by atoms with E-state index in [0.29, 0.717) is 11.3 Å². The number of rotatable bonds is 1. The van der Waals surface area contributed by atoms with Crippen LogP contribution in [0.15, 0.2) is 16.6 Å². The Balaban J connectivity index is 3.33. The number of nitrogens with two attached hydrogens (primary N) is 1. The van der Waals surface area contributed by atoms with Crippen molar-refractivity contribution in [3.63, 3.8) is 0 Å². The number of Topliss-reactive ketones (excluding diaryl/α,β-unsaturated/α-hetero) is 1. The van der Waals surface area contributed by atoms with Crippen molar-refractivity contribution in [1.82, 2.24) is 0 Å². The summed E-state index contributed by atoms with van der Waals surface area (Å²) in [4.78, 5) is 11.1. The molecule has 4 heteroatoms. The third-order valence-electron chi connectivity index (χ3n) is 1.47. The van der Waals surface area contributed by atoms with Crippen LogP contribution in [0.4, 0.5) is 5.69 Å². The lowest BCUT2D eigenvalue weighted by Crippen LogP contribution is -1.97. The molecule has 0 fully saturated rings. The molecular formula is C8H7BrINO. The molecular weight excluding hydrogens is 333 g/mol. The lowest BCUT2D eigenvalue weighted by atomic mass is 10.1. The van der Waals surface area contributed by atoms with Gasteiger partial charge in [-0.05, 0) is 57.6 Å². The number of carbonyl (C=O) groups excluding carboxylic acids is 1. The molecule has 0 saturated carbocycles. The van der Waals surface area contributed by atoms with Gasteiger partial charge in [0.25, 0.3) is 0 Å². The van der Waals surface area contributed by atoms with Crippen LogP contribution in [-0.2, 0) is 0 Å². The largest absolute Gasteiger partial charge is 0.398 e. The minimum Gasteiger partial charge on any atom is -0.398 e. The number of nitrogen functional groups attached to an aromatic ring is 1. The number of hydrogen-bond donors (Lipinski definition) is 1. The zero-order chi connectivity index (χ0) is 9.30. The van der Waals surface area contributed by atoms with E-state index in [1.165, 1.54) is 6.92 Å². The molecule has 0 amide bonds. The normalized spacial score (nSPS) is 9.92. The molecule has 0 bridgehead atoms. The lowest BCUT2D eigenvalue weighted by Gasteiger charge is -2.03. The molecule has 0 aliphatic heterocycles. The molecule has 2 nitrogen and oxygen atoms in total. The maximum absolute atomic E-state index is 11.1. The molecule has 0 atom stereocenters. The van der Waals surface area contributed by atoms with E-state index in [2.05, 4.69) is 38.5 Å². The van der Waals surface area contributed by atoms with Crippen molar-refractivity contribution < 1.29 is 4.79 Å². The summed E-state index contributed by atoms with van der Waals surface area (Å²) in [6.07, 6.45) is 0. The fraction of sp³-hybridized carbons (Fsp3) is 0.125. The van der Waals surface area contributed by atoms with E-state index < -0.39 is 0 Å². The topological polar surface area (TPSA) is 43.1 Å². The van der Waals surface area contributed by atoms with Gasteiger partial charge in [0.2, 0.25) is 0 Å². The maximum Gasteiger partial charge on any atom is 0.160 e. The van der Waals surface area contributed by atoms with Crippen LogP contribution in [0.3, 0.4) is 0 Å². The zero-order valence-corrected chi connectivity index (χ0v) is 10.1. The highest BCUT2D eigenvalue weighted by Gasteiger charge is 2.07. The van der Waals surface area contributed by atoms with Gasteiger partial charge in [0.15, 0.2) is 5.78 Å². The van der Waals surface area contributed by atoms with Crippen molar-refractivity contribution in [1.29, 1.82) is 0 Å². The number of hydrogen-bond acceptors (Lipinski definition) is 2. The number of halogens is 2. The Morgan fingerprint density at radius 1 is 1.58 bits per heavy atom. The standard InChI is InChI=1S/C8H7BrINO/c1-4(12)5-2-7(10)8(11)3-6(5)9/h2-3H,11H2,1H3. The molecule has 0 aliphatic carbocycles. The summed E-state index contributed by atoms with van der Waals surface area (Å²) in [5.74, 6) is 0.0415. The van der Waals surface area contributed by atoms with Gasteiger partial charge in [-0.1, -0.05) is 0 Å². The van der Waals surface area contributed by atoms with E-state index in [0.717, 1.165) is 8.04 Å². The molecule has 1 rings (SSSR count). The third kappa shape index (κ3) is 1.98. The van der Waals surface area contributed by atoms with E-state index in [1.54, 1.807) is 12.1 Å². The molecule has 0 radical (unpaired) electrons. The minimum absolute atomic E-state index is 0.0415. The summed E-state index contributed by atoms with van der Waals surface area (Å²) >= 11 is 5.38. The average Bonchev–Trinajstić information content (AvgIpc) is 1.96. The first-order valence-corrected chi connectivity index (χ1v) is 5.15. The molecule has 0 unspecified atom stereocenters. The fourth-order valence-corrected chi connectivity index (χ4v) is 1.94. The Morgan fingerprint density at radius 2 is 2.17 bits per heavy atom. The van der Waals surface area contributed by atoms with E-state index in [4.69, 9.17) is 5.73 Å². The van der Waals surface area contributed by atoms with Gasteiger partial charge in [0.05, 0.1) is 0 Å². The summed E-state index contributed by atoms with van der Waals surface area (Å²) in [7, 11) is 0. The number of carbonyl (C=O) groups is 1. The molecule has 1 aromatic carbocycles. The van der Waals surface area contributed by atoms with Crippen LogP contribution in [-0.4, -0.2) is 5.78 Å². The second-order valence-corrected chi connectivity index (χ2v) is 4.43. The van der Waals surface area contributed by atoms with Crippen LogP contribution < -0.4 is 5.73 Å². The molecule has 12 heavy (non-hydrogen) atoms. The first kappa shape index (κ1) is 9.98. The van der Waals surface area contributed by atoms with Gasteiger partial charge in [-0.15, -0.1) is 0 Å². The highest BCUT2D eigenvalue weighted by atomic mass is 127. The first-order chi connectivity index (χ1) is 5.52. The molecule has 1 aromatic rings. The van der Waals surface area contributed by atoms with Gasteiger partial charge in [-0.3, -0.25) is 4.79 Å². The summed E-state index contributed by atoms with van der Waals surface area (Å²) in [5, 5.41) is 0. The Bertz CT molecular complexity index is 338. The summed E-state index contributed by atoms with van der Waals surface area (Å²) < 4.78 is 1.66. The second kappa shape index (κ2) is 3.74. The van der Waals surface area contributed by atoms with E-state index in [9.17, 15) is 4.79 Å². The Labute approximate surface area is 92.8 Å². The molecule has 0 aromatic heterocycles. The van der Waals surface area contributed by atoms with Crippen LogP contribution in [0.25, 0.3) is 0 Å². The van der Waals surface area contributed by atoms with Crippen LogP contribution in [0.1, 0.15) is 17.3 Å². The predicted molar refractivity (Wildman–Crippen MR) is 61.3 cm³/mol. The summed E-state index contributed by atoms with van der Waals surface area (Å²) in [5.41, 5.74) is 7.00. The van der Waals surface area contributed by atoms with E-state index in [1.807, 2.05) is 0 Å². The smallest absolute Gasteiger partial charge is 0.160 e. The summed E-state index contributed by atoms with van der Waals surface area (Å²) in [6.45, 7) is 1.53. The molecule has 0 spiro atoms. The summed E-state index contributed by atoms with van der Waals surface area (Å²) in [6, 6.07) is 3.53. The zero-order valence-electron chi connectivity index (χ0n) is 6.40. The predicted octanol–water partition coefficient (Wildman–Crippen LogP) is 2.84. The van der Waals surface area contributed by atoms with Crippen molar-refractivity contribution in [3.8, 4) is 0 Å².